The molecule has 0 fully saturated rings. The highest BCUT2D eigenvalue weighted by Crippen LogP contribution is 2.15. The summed E-state index contributed by atoms with van der Waals surface area (Å²) in [7, 11) is 0. The van der Waals surface area contributed by atoms with Crippen molar-refractivity contribution >= 4 is 6.08 Å². The molecule has 15 heavy (non-hydrogen) atoms. The molecule has 0 aromatic heterocycles. The van der Waals surface area contributed by atoms with E-state index in [-0.39, 0.29) is 0 Å². The van der Waals surface area contributed by atoms with Crippen LogP contribution in [0.5, 0.6) is 5.75 Å². The van der Waals surface area contributed by atoms with Crippen molar-refractivity contribution in [2.24, 2.45) is 0 Å². The van der Waals surface area contributed by atoms with Gasteiger partial charge in [0.15, 0.2) is 0 Å². The van der Waals surface area contributed by atoms with Gasteiger partial charge in [-0.05, 0) is 37.5 Å². The van der Waals surface area contributed by atoms with Gasteiger partial charge in [0.2, 0.25) is 0 Å². The highest BCUT2D eigenvalue weighted by molar-refractivity contribution is 5.53. The molecule has 0 aliphatic rings. The van der Waals surface area contributed by atoms with Gasteiger partial charge in [-0.3, -0.25) is 0 Å². The lowest BCUT2D eigenvalue weighted by Gasteiger charge is -2.04. The van der Waals surface area contributed by atoms with Gasteiger partial charge in [-0.2, -0.15) is 0 Å². The molecule has 1 rings (SSSR count). The Kier molecular flexibility index (Phi) is 4.96. The van der Waals surface area contributed by atoms with Crippen LogP contribution in [0.1, 0.15) is 39.2 Å². The minimum absolute atomic E-state index is 0.795. The molecule has 0 saturated heterocycles. The third kappa shape index (κ3) is 4.20. The van der Waals surface area contributed by atoms with Crippen molar-refractivity contribution in [3.05, 3.63) is 35.4 Å². The zero-order valence-electron chi connectivity index (χ0n) is 9.92. The van der Waals surface area contributed by atoms with Crippen LogP contribution in [0.25, 0.3) is 6.08 Å². The summed E-state index contributed by atoms with van der Waals surface area (Å²) >= 11 is 0. The molecule has 1 nitrogen and oxygen atoms in total. The summed E-state index contributed by atoms with van der Waals surface area (Å²) in [4.78, 5) is 0. The summed E-state index contributed by atoms with van der Waals surface area (Å²) < 4.78 is 5.52. The number of benzene rings is 1. The van der Waals surface area contributed by atoms with Crippen LogP contribution in [0.2, 0.25) is 0 Å². The van der Waals surface area contributed by atoms with Gasteiger partial charge in [0.05, 0.1) is 6.61 Å². The SMILES string of the molecule is CCCOc1ccc(/C=C(/C)CC)cc1. The standard InChI is InChI=1S/C14H20O/c1-4-10-15-14-8-6-13(7-9-14)11-12(3)5-2/h6-9,11H,4-5,10H2,1-3H3/b12-11-. The van der Waals surface area contributed by atoms with Gasteiger partial charge in [0, 0.05) is 0 Å². The topological polar surface area (TPSA) is 9.23 Å². The molecule has 0 N–H and O–H groups in total. The number of rotatable bonds is 5. The molecule has 0 unspecified atom stereocenters. The average molecular weight is 204 g/mol. The van der Waals surface area contributed by atoms with Gasteiger partial charge < -0.3 is 4.74 Å². The van der Waals surface area contributed by atoms with Crippen LogP contribution >= 0.6 is 0 Å². The van der Waals surface area contributed by atoms with Gasteiger partial charge in [-0.25, -0.2) is 0 Å². The fraction of sp³-hybridized carbons (Fsp3) is 0.429. The molecule has 1 heteroatoms. The summed E-state index contributed by atoms with van der Waals surface area (Å²) in [5.41, 5.74) is 2.65. The van der Waals surface area contributed by atoms with E-state index in [4.69, 9.17) is 4.74 Å². The maximum absolute atomic E-state index is 5.52. The van der Waals surface area contributed by atoms with Crippen LogP contribution in [0.4, 0.5) is 0 Å². The van der Waals surface area contributed by atoms with Crippen molar-refractivity contribution in [1.29, 1.82) is 0 Å². The van der Waals surface area contributed by atoms with Gasteiger partial charge in [0.25, 0.3) is 0 Å². The van der Waals surface area contributed by atoms with Crippen LogP contribution in [-0.4, -0.2) is 6.61 Å². The second kappa shape index (κ2) is 6.28. The Labute approximate surface area is 92.8 Å². The number of ether oxygens (including phenoxy) is 1. The molecule has 0 radical (unpaired) electrons. The highest BCUT2D eigenvalue weighted by Gasteiger charge is 1.93. The van der Waals surface area contributed by atoms with Crippen molar-refractivity contribution in [2.75, 3.05) is 6.61 Å². The van der Waals surface area contributed by atoms with E-state index in [9.17, 15) is 0 Å². The molecule has 0 amide bonds. The Morgan fingerprint density at radius 1 is 1.20 bits per heavy atom. The third-order valence-corrected chi connectivity index (χ3v) is 2.32. The first-order chi connectivity index (χ1) is 7.26. The number of hydrogen-bond donors (Lipinski definition) is 0. The van der Waals surface area contributed by atoms with Crippen LogP contribution < -0.4 is 4.74 Å². The van der Waals surface area contributed by atoms with E-state index in [1.807, 2.05) is 12.1 Å². The van der Waals surface area contributed by atoms with Crippen LogP contribution in [0.3, 0.4) is 0 Å². The Bertz CT molecular complexity index is 309. The van der Waals surface area contributed by atoms with E-state index < -0.39 is 0 Å². The van der Waals surface area contributed by atoms with Crippen molar-refractivity contribution in [3.63, 3.8) is 0 Å². The molecular weight excluding hydrogens is 184 g/mol. The van der Waals surface area contributed by atoms with Crippen LogP contribution in [-0.2, 0) is 0 Å². The summed E-state index contributed by atoms with van der Waals surface area (Å²) in [6.07, 6.45) is 4.37. The van der Waals surface area contributed by atoms with Crippen molar-refractivity contribution in [1.82, 2.24) is 0 Å². The molecule has 0 saturated carbocycles. The Hall–Kier alpha value is -1.24. The van der Waals surface area contributed by atoms with Crippen molar-refractivity contribution in [2.45, 2.75) is 33.6 Å². The van der Waals surface area contributed by atoms with E-state index in [0.717, 1.165) is 25.2 Å². The fourth-order valence-corrected chi connectivity index (χ4v) is 1.27. The van der Waals surface area contributed by atoms with Gasteiger partial charge in [0.1, 0.15) is 5.75 Å². The van der Waals surface area contributed by atoms with Crippen molar-refractivity contribution < 1.29 is 4.74 Å². The number of hydrogen-bond acceptors (Lipinski definition) is 1. The van der Waals surface area contributed by atoms with E-state index in [1.54, 1.807) is 0 Å². The second-order valence-corrected chi connectivity index (χ2v) is 3.76. The minimum atomic E-state index is 0.795. The Balaban J connectivity index is 2.64. The number of allylic oxidation sites excluding steroid dienone is 1. The molecule has 0 atom stereocenters. The zero-order valence-corrected chi connectivity index (χ0v) is 9.92. The minimum Gasteiger partial charge on any atom is -0.494 e. The first kappa shape index (κ1) is 11.8. The summed E-state index contributed by atoms with van der Waals surface area (Å²) in [5, 5.41) is 0. The van der Waals surface area contributed by atoms with E-state index in [0.29, 0.717) is 0 Å². The molecule has 1 aromatic rings. The van der Waals surface area contributed by atoms with Crippen LogP contribution in [0, 0.1) is 0 Å². The first-order valence-electron chi connectivity index (χ1n) is 5.66. The quantitative estimate of drug-likeness (QED) is 0.695. The third-order valence-electron chi connectivity index (χ3n) is 2.32. The normalized spacial score (nSPS) is 11.5. The Morgan fingerprint density at radius 2 is 1.87 bits per heavy atom. The van der Waals surface area contributed by atoms with E-state index in [1.165, 1.54) is 11.1 Å². The lowest BCUT2D eigenvalue weighted by atomic mass is 10.1. The fourth-order valence-electron chi connectivity index (χ4n) is 1.27. The molecule has 0 bridgehead atoms. The second-order valence-electron chi connectivity index (χ2n) is 3.76. The monoisotopic (exact) mass is 204 g/mol. The predicted molar refractivity (Wildman–Crippen MR) is 66.2 cm³/mol. The largest absolute Gasteiger partial charge is 0.494 e. The van der Waals surface area contributed by atoms with E-state index >= 15 is 0 Å². The molecule has 0 heterocycles. The molecular formula is C14H20O. The lowest BCUT2D eigenvalue weighted by Crippen LogP contribution is -1.94. The lowest BCUT2D eigenvalue weighted by molar-refractivity contribution is 0.317. The molecule has 0 aliphatic heterocycles. The van der Waals surface area contributed by atoms with Gasteiger partial charge in [-0.15, -0.1) is 0 Å². The first-order valence-corrected chi connectivity index (χ1v) is 5.66. The maximum atomic E-state index is 5.52. The van der Waals surface area contributed by atoms with Crippen molar-refractivity contribution in [3.8, 4) is 5.75 Å². The molecule has 1 aromatic carbocycles. The van der Waals surface area contributed by atoms with Crippen LogP contribution in [0.15, 0.2) is 29.8 Å². The highest BCUT2D eigenvalue weighted by atomic mass is 16.5. The molecule has 82 valence electrons. The summed E-state index contributed by atoms with van der Waals surface area (Å²) in [6.45, 7) is 7.23. The van der Waals surface area contributed by atoms with E-state index in [2.05, 4.69) is 39.0 Å². The average Bonchev–Trinajstić information content (AvgIpc) is 2.28. The summed E-state index contributed by atoms with van der Waals surface area (Å²) in [5.74, 6) is 0.961. The predicted octanol–water partition coefficient (Wildman–Crippen LogP) is 4.29. The Morgan fingerprint density at radius 3 is 2.40 bits per heavy atom. The molecule has 0 aliphatic carbocycles. The maximum Gasteiger partial charge on any atom is 0.119 e. The zero-order chi connectivity index (χ0) is 11.1. The molecule has 0 spiro atoms. The smallest absolute Gasteiger partial charge is 0.119 e. The van der Waals surface area contributed by atoms with Gasteiger partial charge >= 0.3 is 0 Å². The van der Waals surface area contributed by atoms with Gasteiger partial charge in [-0.1, -0.05) is 37.6 Å². The summed E-state index contributed by atoms with van der Waals surface area (Å²) in [6, 6.07) is 8.27.